The highest BCUT2D eigenvalue weighted by molar-refractivity contribution is 5.66. The van der Waals surface area contributed by atoms with Crippen LogP contribution < -0.4 is 25.4 Å². The Labute approximate surface area is 199 Å². The smallest absolute Gasteiger partial charge is 0.233 e. The summed E-state index contributed by atoms with van der Waals surface area (Å²) in [5.41, 5.74) is 3.94. The lowest BCUT2D eigenvalue weighted by atomic mass is 10.1. The number of aromatic hydroxyl groups is 1. The summed E-state index contributed by atoms with van der Waals surface area (Å²) >= 11 is 0. The van der Waals surface area contributed by atoms with Gasteiger partial charge in [-0.25, -0.2) is 5.48 Å². The molecular weight excluding hydrogens is 430 g/mol. The zero-order valence-corrected chi connectivity index (χ0v) is 19.3. The van der Waals surface area contributed by atoms with Crippen LogP contribution in [0.1, 0.15) is 38.5 Å². The second kappa shape index (κ2) is 10.5. The van der Waals surface area contributed by atoms with E-state index in [0.29, 0.717) is 23.1 Å². The Morgan fingerprint density at radius 2 is 1.35 bits per heavy atom. The molecule has 34 heavy (non-hydrogen) atoms. The van der Waals surface area contributed by atoms with Gasteiger partial charge in [0, 0.05) is 37.9 Å². The van der Waals surface area contributed by atoms with Crippen LogP contribution in [0, 0.1) is 0 Å². The van der Waals surface area contributed by atoms with Gasteiger partial charge in [0.1, 0.15) is 11.4 Å². The average Bonchev–Trinajstić information content (AvgIpc) is 2.90. The molecule has 9 nitrogen and oxygen atoms in total. The number of hydrogen-bond donors (Lipinski definition) is 3. The van der Waals surface area contributed by atoms with Crippen molar-refractivity contribution in [1.82, 2.24) is 15.0 Å². The third-order valence-electron chi connectivity index (χ3n) is 6.17. The summed E-state index contributed by atoms with van der Waals surface area (Å²) in [5, 5.41) is 13.8. The molecule has 9 heteroatoms. The number of phenols is 1. The minimum absolute atomic E-state index is 0.0579. The van der Waals surface area contributed by atoms with Crippen molar-refractivity contribution in [3.63, 3.8) is 0 Å². The number of anilines is 5. The Morgan fingerprint density at radius 3 is 1.94 bits per heavy atom. The van der Waals surface area contributed by atoms with Crippen LogP contribution >= 0.6 is 0 Å². The molecule has 0 saturated carbocycles. The third kappa shape index (κ3) is 5.41. The lowest BCUT2D eigenvalue weighted by Crippen LogP contribution is -2.34. The molecule has 2 fully saturated rings. The summed E-state index contributed by atoms with van der Waals surface area (Å²) in [6.45, 7) is 3.86. The standard InChI is InChI=1S/C25H31N7O2/c33-22-18-19(12-13-21(22)30-34-20-10-4-1-5-11-20)26-23-27-24(31-14-6-2-7-15-31)29-25(28-23)32-16-8-3-9-17-32/h1,4-5,10-13,18,30,33H,2-3,6-9,14-17H2,(H,26,27,28,29). The fourth-order valence-corrected chi connectivity index (χ4v) is 4.31. The molecule has 0 bridgehead atoms. The number of piperidine rings is 2. The number of aromatic nitrogens is 3. The van der Waals surface area contributed by atoms with Gasteiger partial charge in [-0.1, -0.05) is 18.2 Å². The molecular formula is C25H31N7O2. The van der Waals surface area contributed by atoms with E-state index in [1.807, 2.05) is 36.4 Å². The number of phenolic OH excluding ortho intramolecular Hbond substituents is 1. The van der Waals surface area contributed by atoms with Gasteiger partial charge in [-0.2, -0.15) is 15.0 Å². The largest absolute Gasteiger partial charge is 0.506 e. The predicted octanol–water partition coefficient (Wildman–Crippen LogP) is 4.71. The Kier molecular flexibility index (Phi) is 6.78. The fraction of sp³-hybridized carbons (Fsp3) is 0.400. The molecule has 2 saturated heterocycles. The monoisotopic (exact) mass is 461 g/mol. The van der Waals surface area contributed by atoms with E-state index in [0.717, 1.165) is 63.8 Å². The quantitative estimate of drug-likeness (QED) is 0.341. The molecule has 5 rings (SSSR count). The Bertz CT molecular complexity index is 1050. The van der Waals surface area contributed by atoms with Crippen LogP contribution in [0.2, 0.25) is 0 Å². The summed E-state index contributed by atoms with van der Waals surface area (Å²) in [4.78, 5) is 24.3. The SMILES string of the molecule is Oc1cc(Nc2nc(N3CCCCC3)nc(N3CCCCC3)n2)ccc1NOc1ccccc1. The van der Waals surface area contributed by atoms with Gasteiger partial charge < -0.3 is 25.1 Å². The van der Waals surface area contributed by atoms with Gasteiger partial charge in [0.2, 0.25) is 17.8 Å². The van der Waals surface area contributed by atoms with E-state index in [9.17, 15) is 5.11 Å². The number of nitrogens with zero attached hydrogens (tertiary/aromatic N) is 5. The maximum atomic E-state index is 10.5. The van der Waals surface area contributed by atoms with Crippen LogP contribution in [0.25, 0.3) is 0 Å². The van der Waals surface area contributed by atoms with Crippen LogP contribution in [-0.2, 0) is 0 Å². The molecule has 0 unspecified atom stereocenters. The second-order valence-electron chi connectivity index (χ2n) is 8.73. The lowest BCUT2D eigenvalue weighted by Gasteiger charge is -2.30. The molecule has 0 spiro atoms. The fourth-order valence-electron chi connectivity index (χ4n) is 4.31. The maximum absolute atomic E-state index is 10.5. The molecule has 0 amide bonds. The van der Waals surface area contributed by atoms with E-state index in [4.69, 9.17) is 19.8 Å². The minimum Gasteiger partial charge on any atom is -0.506 e. The van der Waals surface area contributed by atoms with Crippen molar-refractivity contribution in [2.24, 2.45) is 0 Å². The van der Waals surface area contributed by atoms with E-state index >= 15 is 0 Å². The van der Waals surface area contributed by atoms with Crippen LogP contribution in [0.3, 0.4) is 0 Å². The molecule has 178 valence electrons. The molecule has 0 aliphatic carbocycles. The summed E-state index contributed by atoms with van der Waals surface area (Å²) < 4.78 is 0. The summed E-state index contributed by atoms with van der Waals surface area (Å²) in [6, 6.07) is 14.6. The Morgan fingerprint density at radius 1 is 0.735 bits per heavy atom. The number of hydrogen-bond acceptors (Lipinski definition) is 9. The normalized spacial score (nSPS) is 16.2. The van der Waals surface area contributed by atoms with Crippen molar-refractivity contribution in [2.45, 2.75) is 38.5 Å². The van der Waals surface area contributed by atoms with Crippen molar-refractivity contribution in [1.29, 1.82) is 0 Å². The van der Waals surface area contributed by atoms with Crippen LogP contribution in [0.5, 0.6) is 11.5 Å². The molecule has 0 radical (unpaired) electrons. The zero-order valence-electron chi connectivity index (χ0n) is 19.3. The number of para-hydroxylation sites is 1. The molecule has 2 aliphatic heterocycles. The van der Waals surface area contributed by atoms with Gasteiger partial charge in [-0.05, 0) is 62.8 Å². The number of benzene rings is 2. The van der Waals surface area contributed by atoms with Gasteiger partial charge in [0.25, 0.3) is 0 Å². The van der Waals surface area contributed by atoms with Crippen molar-refractivity contribution in [3.05, 3.63) is 48.5 Å². The van der Waals surface area contributed by atoms with Crippen LogP contribution in [0.15, 0.2) is 48.5 Å². The van der Waals surface area contributed by atoms with Crippen LogP contribution in [-0.4, -0.2) is 46.2 Å². The van der Waals surface area contributed by atoms with Gasteiger partial charge >= 0.3 is 0 Å². The Hall–Kier alpha value is -3.75. The first kappa shape index (κ1) is 22.1. The minimum atomic E-state index is 0.0579. The van der Waals surface area contributed by atoms with Gasteiger partial charge in [-0.15, -0.1) is 0 Å². The molecule has 1 aromatic heterocycles. The van der Waals surface area contributed by atoms with Gasteiger partial charge in [0.15, 0.2) is 5.75 Å². The molecule has 2 aliphatic rings. The molecule has 3 N–H and O–H groups in total. The maximum Gasteiger partial charge on any atom is 0.233 e. The molecule has 3 heterocycles. The second-order valence-corrected chi connectivity index (χ2v) is 8.73. The first-order chi connectivity index (χ1) is 16.7. The van der Waals surface area contributed by atoms with E-state index in [-0.39, 0.29) is 5.75 Å². The molecule has 2 aromatic carbocycles. The lowest BCUT2D eigenvalue weighted by molar-refractivity contribution is 0.396. The highest BCUT2D eigenvalue weighted by Gasteiger charge is 2.20. The van der Waals surface area contributed by atoms with Crippen LogP contribution in [0.4, 0.5) is 29.2 Å². The van der Waals surface area contributed by atoms with Crippen molar-refractivity contribution in [3.8, 4) is 11.5 Å². The topological polar surface area (TPSA) is 98.7 Å². The van der Waals surface area contributed by atoms with E-state index in [1.54, 1.807) is 12.1 Å². The molecule has 0 atom stereocenters. The predicted molar refractivity (Wildman–Crippen MR) is 134 cm³/mol. The Balaban J connectivity index is 1.34. The summed E-state index contributed by atoms with van der Waals surface area (Å²) in [5.74, 6) is 2.64. The van der Waals surface area contributed by atoms with Crippen molar-refractivity contribution >= 4 is 29.2 Å². The number of rotatable bonds is 7. The van der Waals surface area contributed by atoms with Crippen molar-refractivity contribution in [2.75, 3.05) is 46.8 Å². The third-order valence-corrected chi connectivity index (χ3v) is 6.17. The summed E-state index contributed by atoms with van der Waals surface area (Å²) in [6.07, 6.45) is 7.11. The van der Waals surface area contributed by atoms with E-state index in [2.05, 4.69) is 20.6 Å². The van der Waals surface area contributed by atoms with E-state index in [1.165, 1.54) is 12.8 Å². The average molecular weight is 462 g/mol. The first-order valence-corrected chi connectivity index (χ1v) is 12.1. The van der Waals surface area contributed by atoms with E-state index < -0.39 is 0 Å². The highest BCUT2D eigenvalue weighted by atomic mass is 16.6. The van der Waals surface area contributed by atoms with Gasteiger partial charge in [-0.3, -0.25) is 0 Å². The highest BCUT2D eigenvalue weighted by Crippen LogP contribution is 2.29. The first-order valence-electron chi connectivity index (χ1n) is 12.1. The van der Waals surface area contributed by atoms with Crippen molar-refractivity contribution < 1.29 is 9.94 Å². The zero-order chi connectivity index (χ0) is 23.2. The summed E-state index contributed by atoms with van der Waals surface area (Å²) in [7, 11) is 0. The molecule has 3 aromatic rings. The number of nitrogens with one attached hydrogen (secondary N) is 2. The van der Waals surface area contributed by atoms with Gasteiger partial charge in [0.05, 0.1) is 0 Å².